The quantitative estimate of drug-likeness (QED) is 0.296. The Morgan fingerprint density at radius 2 is 0.970 bits per heavy atom. The van der Waals surface area contributed by atoms with Crippen LogP contribution >= 0.6 is 0 Å². The molecule has 4 aromatic carbocycles. The van der Waals surface area contributed by atoms with Crippen molar-refractivity contribution in [3.63, 3.8) is 0 Å². The van der Waals surface area contributed by atoms with E-state index < -0.39 is 12.1 Å². The highest BCUT2D eigenvalue weighted by molar-refractivity contribution is 5.49. The van der Waals surface area contributed by atoms with Crippen LogP contribution in [-0.4, -0.2) is 10.2 Å². The molecule has 0 heterocycles. The van der Waals surface area contributed by atoms with Crippen molar-refractivity contribution in [1.29, 1.82) is 0 Å². The number of nitrogens with two attached hydrogens (primary N) is 2. The maximum atomic E-state index is 10.5. The molecule has 0 saturated carbocycles. The number of rotatable bonds is 7. The number of benzene rings is 4. The zero-order chi connectivity index (χ0) is 23.4. The summed E-state index contributed by atoms with van der Waals surface area (Å²) in [6.07, 6.45) is 0.843. The Hall–Kier alpha value is -3.60. The van der Waals surface area contributed by atoms with Crippen molar-refractivity contribution in [1.82, 2.24) is 0 Å². The predicted molar refractivity (Wildman–Crippen MR) is 133 cm³/mol. The van der Waals surface area contributed by atoms with E-state index in [1.165, 1.54) is 0 Å². The van der Waals surface area contributed by atoms with E-state index in [1.807, 2.05) is 84.9 Å². The molecule has 0 aromatic heterocycles. The first-order valence-electron chi connectivity index (χ1n) is 11.3. The van der Waals surface area contributed by atoms with E-state index in [0.717, 1.165) is 28.7 Å². The minimum Gasteiger partial charge on any atom is -0.508 e. The van der Waals surface area contributed by atoms with Crippen molar-refractivity contribution in [3.05, 3.63) is 130 Å². The van der Waals surface area contributed by atoms with Gasteiger partial charge in [-0.15, -0.1) is 0 Å². The van der Waals surface area contributed by atoms with E-state index in [0.29, 0.717) is 11.1 Å². The molecular formula is C29H30N2O2. The fraction of sp³-hybridized carbons (Fsp3) is 0.172. The summed E-state index contributed by atoms with van der Waals surface area (Å²) in [4.78, 5) is 0. The number of phenolic OH excluding ortho intramolecular Hbond substituents is 2. The highest BCUT2D eigenvalue weighted by atomic mass is 16.3. The molecule has 4 heteroatoms. The van der Waals surface area contributed by atoms with Crippen LogP contribution < -0.4 is 11.5 Å². The predicted octanol–water partition coefficient (Wildman–Crippen LogP) is 5.74. The average molecular weight is 439 g/mol. The molecule has 0 saturated heterocycles. The molecule has 0 radical (unpaired) electrons. The van der Waals surface area contributed by atoms with Gasteiger partial charge in [0.1, 0.15) is 11.5 Å². The van der Waals surface area contributed by atoms with Crippen LogP contribution in [0.4, 0.5) is 0 Å². The second-order valence-corrected chi connectivity index (χ2v) is 8.37. The summed E-state index contributed by atoms with van der Waals surface area (Å²) in [5.74, 6) is 0.430. The van der Waals surface area contributed by atoms with Crippen molar-refractivity contribution >= 4 is 0 Å². The van der Waals surface area contributed by atoms with E-state index in [1.54, 1.807) is 12.1 Å². The van der Waals surface area contributed by atoms with Crippen LogP contribution in [0, 0.1) is 0 Å². The fourth-order valence-electron chi connectivity index (χ4n) is 4.42. The third-order valence-corrected chi connectivity index (χ3v) is 6.30. The maximum absolute atomic E-state index is 10.5. The summed E-state index contributed by atoms with van der Waals surface area (Å²) in [5.41, 5.74) is 18.4. The van der Waals surface area contributed by atoms with Crippen LogP contribution in [0.15, 0.2) is 97.1 Å². The first-order chi connectivity index (χ1) is 16.0. The normalized spacial score (nSPS) is 13.9. The Bertz CT molecular complexity index is 1110. The zero-order valence-electron chi connectivity index (χ0n) is 18.7. The average Bonchev–Trinajstić information content (AvgIpc) is 2.86. The second kappa shape index (κ2) is 9.90. The Morgan fingerprint density at radius 1 is 0.576 bits per heavy atom. The first kappa shape index (κ1) is 22.6. The van der Waals surface area contributed by atoms with Crippen LogP contribution in [0.5, 0.6) is 11.5 Å². The molecule has 33 heavy (non-hydrogen) atoms. The standard InChI is InChI=1S/C29H30N2O2/c1-2-23(21-13-15-26(32)24(17-21)28(30)19-9-5-3-6-10-19)22-14-16-27(33)25(18-22)29(31)20-11-7-4-8-12-20/h3-18,23,28-29,32-33H,2,30-31H2,1H3. The van der Waals surface area contributed by atoms with Crippen molar-refractivity contribution < 1.29 is 10.2 Å². The van der Waals surface area contributed by atoms with Gasteiger partial charge in [-0.05, 0) is 52.9 Å². The molecule has 0 amide bonds. The first-order valence-corrected chi connectivity index (χ1v) is 11.3. The molecule has 4 nitrogen and oxygen atoms in total. The molecule has 6 N–H and O–H groups in total. The molecule has 0 aliphatic heterocycles. The topological polar surface area (TPSA) is 92.5 Å². The number of hydrogen-bond donors (Lipinski definition) is 4. The van der Waals surface area contributed by atoms with Gasteiger partial charge in [0.2, 0.25) is 0 Å². The van der Waals surface area contributed by atoms with E-state index >= 15 is 0 Å². The molecule has 0 bridgehead atoms. The van der Waals surface area contributed by atoms with Crippen LogP contribution in [0.3, 0.4) is 0 Å². The lowest BCUT2D eigenvalue weighted by Crippen LogP contribution is -2.14. The van der Waals surface area contributed by atoms with E-state index in [4.69, 9.17) is 11.5 Å². The highest BCUT2D eigenvalue weighted by Gasteiger charge is 2.21. The van der Waals surface area contributed by atoms with E-state index in [-0.39, 0.29) is 17.4 Å². The summed E-state index contributed by atoms with van der Waals surface area (Å²) >= 11 is 0. The minimum atomic E-state index is -0.425. The molecule has 4 rings (SSSR count). The molecule has 168 valence electrons. The Balaban J connectivity index is 1.71. The molecule has 0 fully saturated rings. The van der Waals surface area contributed by atoms with Crippen molar-refractivity contribution in [2.24, 2.45) is 11.5 Å². The molecule has 0 aliphatic carbocycles. The van der Waals surface area contributed by atoms with Gasteiger partial charge >= 0.3 is 0 Å². The SMILES string of the molecule is CCC(c1ccc(O)c(C(N)c2ccccc2)c1)c1ccc(O)c(C(N)c2ccccc2)c1. The Kier molecular flexibility index (Phi) is 6.78. The van der Waals surface area contributed by atoms with Gasteiger partial charge in [0.05, 0.1) is 12.1 Å². The van der Waals surface area contributed by atoms with E-state index in [2.05, 4.69) is 6.92 Å². The number of hydrogen-bond acceptors (Lipinski definition) is 4. The second-order valence-electron chi connectivity index (χ2n) is 8.37. The Morgan fingerprint density at radius 3 is 1.33 bits per heavy atom. The number of aromatic hydroxyl groups is 2. The van der Waals surface area contributed by atoms with Crippen LogP contribution in [0.1, 0.15) is 64.7 Å². The van der Waals surface area contributed by atoms with Gasteiger partial charge in [0.25, 0.3) is 0 Å². The third-order valence-electron chi connectivity index (χ3n) is 6.30. The molecule has 0 aliphatic rings. The van der Waals surface area contributed by atoms with Gasteiger partial charge in [-0.3, -0.25) is 0 Å². The smallest absolute Gasteiger partial charge is 0.120 e. The van der Waals surface area contributed by atoms with Gasteiger partial charge in [-0.1, -0.05) is 79.7 Å². The van der Waals surface area contributed by atoms with Gasteiger partial charge < -0.3 is 21.7 Å². The molecule has 2 unspecified atom stereocenters. The zero-order valence-corrected chi connectivity index (χ0v) is 18.7. The lowest BCUT2D eigenvalue weighted by atomic mass is 9.85. The van der Waals surface area contributed by atoms with Gasteiger partial charge in [-0.2, -0.15) is 0 Å². The molecule has 0 spiro atoms. The van der Waals surface area contributed by atoms with Crippen molar-refractivity contribution in [2.75, 3.05) is 0 Å². The minimum absolute atomic E-state index is 0.0645. The monoisotopic (exact) mass is 438 g/mol. The lowest BCUT2D eigenvalue weighted by Gasteiger charge is -2.22. The summed E-state index contributed by atoms with van der Waals surface area (Å²) in [6.45, 7) is 2.12. The largest absolute Gasteiger partial charge is 0.508 e. The fourth-order valence-corrected chi connectivity index (χ4v) is 4.42. The summed E-state index contributed by atoms with van der Waals surface area (Å²) in [5, 5.41) is 21.1. The maximum Gasteiger partial charge on any atom is 0.120 e. The molecule has 2 atom stereocenters. The van der Waals surface area contributed by atoms with Gasteiger partial charge in [0, 0.05) is 17.0 Å². The van der Waals surface area contributed by atoms with E-state index in [9.17, 15) is 10.2 Å². The van der Waals surface area contributed by atoms with Crippen molar-refractivity contribution in [3.8, 4) is 11.5 Å². The highest BCUT2D eigenvalue weighted by Crippen LogP contribution is 2.37. The van der Waals surface area contributed by atoms with Crippen LogP contribution in [0.2, 0.25) is 0 Å². The van der Waals surface area contributed by atoms with Gasteiger partial charge in [-0.25, -0.2) is 0 Å². The van der Waals surface area contributed by atoms with Crippen molar-refractivity contribution in [2.45, 2.75) is 31.3 Å². The third kappa shape index (κ3) is 4.77. The Labute approximate surface area is 195 Å². The van der Waals surface area contributed by atoms with Crippen LogP contribution in [0.25, 0.3) is 0 Å². The summed E-state index contributed by atoms with van der Waals surface area (Å²) in [6, 6.07) is 30.0. The van der Waals surface area contributed by atoms with Crippen LogP contribution in [-0.2, 0) is 0 Å². The molecule has 4 aromatic rings. The lowest BCUT2D eigenvalue weighted by molar-refractivity contribution is 0.464. The molecular weight excluding hydrogens is 408 g/mol. The summed E-state index contributed by atoms with van der Waals surface area (Å²) < 4.78 is 0. The van der Waals surface area contributed by atoms with Gasteiger partial charge in [0.15, 0.2) is 0 Å². The number of phenols is 2. The summed E-state index contributed by atoms with van der Waals surface area (Å²) in [7, 11) is 0.